The molecule has 0 aromatic carbocycles. The number of hydrogen-bond acceptors (Lipinski definition) is 3. The van der Waals surface area contributed by atoms with Crippen LogP contribution in [0.1, 0.15) is 56.9 Å². The van der Waals surface area contributed by atoms with Crippen molar-refractivity contribution in [1.82, 2.24) is 10.3 Å². The lowest BCUT2D eigenvalue weighted by molar-refractivity contribution is 0.226. The molecule has 2 saturated carbocycles. The van der Waals surface area contributed by atoms with Crippen LogP contribution in [-0.2, 0) is 6.54 Å². The van der Waals surface area contributed by atoms with Crippen LogP contribution in [0.15, 0.2) is 18.3 Å². The SMILES string of the molecule is c1cnc(N2CCC3(CCCC3)CC2)c(CNC2CC2)c1. The summed E-state index contributed by atoms with van der Waals surface area (Å²) in [6.07, 6.45) is 13.3. The van der Waals surface area contributed by atoms with Gasteiger partial charge in [-0.1, -0.05) is 18.9 Å². The normalized spacial score (nSPS) is 24.7. The van der Waals surface area contributed by atoms with Gasteiger partial charge in [0.1, 0.15) is 5.82 Å². The first-order chi connectivity index (χ1) is 10.3. The van der Waals surface area contributed by atoms with Crippen molar-refractivity contribution in [2.45, 2.75) is 64.0 Å². The Morgan fingerprint density at radius 3 is 2.62 bits per heavy atom. The standard InChI is InChI=1S/C18H27N3/c1-2-8-18(7-1)9-12-21(13-10-18)17-15(4-3-11-19-17)14-20-16-5-6-16/h3-4,11,16,20H,1-2,5-10,12-14H2. The Kier molecular flexibility index (Phi) is 3.62. The maximum absolute atomic E-state index is 4.70. The topological polar surface area (TPSA) is 28.2 Å². The second kappa shape index (κ2) is 5.60. The molecule has 1 N–H and O–H groups in total. The average molecular weight is 285 g/mol. The zero-order valence-corrected chi connectivity index (χ0v) is 13.0. The minimum Gasteiger partial charge on any atom is -0.356 e. The van der Waals surface area contributed by atoms with E-state index in [9.17, 15) is 0 Å². The molecule has 3 nitrogen and oxygen atoms in total. The lowest BCUT2D eigenvalue weighted by atomic mass is 9.77. The Morgan fingerprint density at radius 2 is 1.90 bits per heavy atom. The fraction of sp³-hybridized carbons (Fsp3) is 0.722. The average Bonchev–Trinajstić information content (AvgIpc) is 3.26. The molecule has 114 valence electrons. The molecule has 1 saturated heterocycles. The molecule has 0 bridgehead atoms. The van der Waals surface area contributed by atoms with Gasteiger partial charge in [-0.05, 0) is 50.0 Å². The first-order valence-electron chi connectivity index (χ1n) is 8.77. The molecule has 3 heteroatoms. The zero-order chi connectivity index (χ0) is 14.1. The highest BCUT2D eigenvalue weighted by atomic mass is 15.2. The van der Waals surface area contributed by atoms with Crippen LogP contribution >= 0.6 is 0 Å². The molecule has 1 aliphatic heterocycles. The third-order valence-corrected chi connectivity index (χ3v) is 5.81. The third-order valence-electron chi connectivity index (χ3n) is 5.81. The summed E-state index contributed by atoms with van der Waals surface area (Å²) in [5.41, 5.74) is 2.07. The summed E-state index contributed by atoms with van der Waals surface area (Å²) >= 11 is 0. The number of nitrogens with one attached hydrogen (secondary N) is 1. The number of hydrogen-bond donors (Lipinski definition) is 1. The monoisotopic (exact) mass is 285 g/mol. The number of pyridine rings is 1. The summed E-state index contributed by atoms with van der Waals surface area (Å²) in [7, 11) is 0. The first-order valence-corrected chi connectivity index (χ1v) is 8.77. The highest BCUT2D eigenvalue weighted by molar-refractivity contribution is 5.47. The first kappa shape index (κ1) is 13.6. The van der Waals surface area contributed by atoms with Gasteiger partial charge >= 0.3 is 0 Å². The molecule has 2 aliphatic carbocycles. The molecule has 1 aromatic rings. The molecule has 0 atom stereocenters. The van der Waals surface area contributed by atoms with Gasteiger partial charge in [0.2, 0.25) is 0 Å². The number of nitrogens with zero attached hydrogens (tertiary/aromatic N) is 2. The van der Waals surface area contributed by atoms with Crippen LogP contribution in [0.25, 0.3) is 0 Å². The van der Waals surface area contributed by atoms with E-state index >= 15 is 0 Å². The molecular weight excluding hydrogens is 258 g/mol. The number of anilines is 1. The van der Waals surface area contributed by atoms with Crippen molar-refractivity contribution in [3.63, 3.8) is 0 Å². The van der Waals surface area contributed by atoms with Crippen LogP contribution in [0.2, 0.25) is 0 Å². The predicted octanol–water partition coefficient (Wildman–Crippen LogP) is 3.49. The van der Waals surface area contributed by atoms with Gasteiger partial charge in [0.25, 0.3) is 0 Å². The van der Waals surface area contributed by atoms with Crippen molar-refractivity contribution in [3.8, 4) is 0 Å². The fourth-order valence-electron chi connectivity index (χ4n) is 4.21. The van der Waals surface area contributed by atoms with Gasteiger partial charge in [-0.3, -0.25) is 0 Å². The van der Waals surface area contributed by atoms with E-state index in [0.29, 0.717) is 5.41 Å². The van der Waals surface area contributed by atoms with Crippen LogP contribution in [0, 0.1) is 5.41 Å². The maximum atomic E-state index is 4.70. The van der Waals surface area contributed by atoms with Crippen LogP contribution in [0.5, 0.6) is 0 Å². The molecule has 21 heavy (non-hydrogen) atoms. The van der Waals surface area contributed by atoms with Gasteiger partial charge in [0, 0.05) is 37.4 Å². The van der Waals surface area contributed by atoms with Gasteiger partial charge in [0.15, 0.2) is 0 Å². The Balaban J connectivity index is 1.43. The van der Waals surface area contributed by atoms with E-state index in [2.05, 4.69) is 22.3 Å². The minimum absolute atomic E-state index is 0.692. The van der Waals surface area contributed by atoms with E-state index in [-0.39, 0.29) is 0 Å². The van der Waals surface area contributed by atoms with Gasteiger partial charge in [-0.25, -0.2) is 4.98 Å². The van der Waals surface area contributed by atoms with E-state index in [0.717, 1.165) is 12.6 Å². The van der Waals surface area contributed by atoms with Gasteiger partial charge in [-0.2, -0.15) is 0 Å². The summed E-state index contributed by atoms with van der Waals surface area (Å²) in [6.45, 7) is 3.39. The van der Waals surface area contributed by atoms with Gasteiger partial charge < -0.3 is 10.2 Å². The summed E-state index contributed by atoms with van der Waals surface area (Å²) in [5, 5.41) is 3.63. The molecule has 4 rings (SSSR count). The summed E-state index contributed by atoms with van der Waals surface area (Å²) < 4.78 is 0. The Labute approximate surface area is 128 Å². The van der Waals surface area contributed by atoms with Crippen molar-refractivity contribution in [3.05, 3.63) is 23.9 Å². The van der Waals surface area contributed by atoms with Crippen molar-refractivity contribution in [1.29, 1.82) is 0 Å². The van der Waals surface area contributed by atoms with Crippen LogP contribution < -0.4 is 10.2 Å². The lowest BCUT2D eigenvalue weighted by Gasteiger charge is -2.40. The lowest BCUT2D eigenvalue weighted by Crippen LogP contribution is -2.40. The van der Waals surface area contributed by atoms with Crippen molar-refractivity contribution in [2.75, 3.05) is 18.0 Å². The molecule has 0 amide bonds. The van der Waals surface area contributed by atoms with Crippen molar-refractivity contribution in [2.24, 2.45) is 5.41 Å². The zero-order valence-electron chi connectivity index (χ0n) is 13.0. The Morgan fingerprint density at radius 1 is 1.14 bits per heavy atom. The van der Waals surface area contributed by atoms with Crippen LogP contribution in [-0.4, -0.2) is 24.1 Å². The summed E-state index contributed by atoms with van der Waals surface area (Å²) in [4.78, 5) is 7.24. The fourth-order valence-corrected chi connectivity index (χ4v) is 4.21. The van der Waals surface area contributed by atoms with Gasteiger partial charge in [0.05, 0.1) is 0 Å². The van der Waals surface area contributed by atoms with E-state index in [4.69, 9.17) is 4.98 Å². The molecular formula is C18H27N3. The Bertz CT molecular complexity index is 479. The van der Waals surface area contributed by atoms with Crippen LogP contribution in [0.4, 0.5) is 5.82 Å². The minimum atomic E-state index is 0.692. The molecule has 3 fully saturated rings. The molecule has 0 unspecified atom stereocenters. The van der Waals surface area contributed by atoms with Gasteiger partial charge in [-0.15, -0.1) is 0 Å². The maximum Gasteiger partial charge on any atom is 0.133 e. The van der Waals surface area contributed by atoms with E-state index in [1.807, 2.05) is 6.20 Å². The molecule has 2 heterocycles. The smallest absolute Gasteiger partial charge is 0.133 e. The highest BCUT2D eigenvalue weighted by Crippen LogP contribution is 2.46. The number of piperidine rings is 1. The highest BCUT2D eigenvalue weighted by Gasteiger charge is 2.37. The number of aromatic nitrogens is 1. The Hall–Kier alpha value is -1.09. The molecule has 0 radical (unpaired) electrons. The quantitative estimate of drug-likeness (QED) is 0.918. The largest absolute Gasteiger partial charge is 0.356 e. The van der Waals surface area contributed by atoms with E-state index in [1.54, 1.807) is 0 Å². The molecule has 1 aromatic heterocycles. The van der Waals surface area contributed by atoms with Crippen molar-refractivity contribution >= 4 is 5.82 Å². The van der Waals surface area contributed by atoms with Crippen LogP contribution in [0.3, 0.4) is 0 Å². The van der Waals surface area contributed by atoms with Crippen molar-refractivity contribution < 1.29 is 0 Å². The predicted molar refractivity (Wildman–Crippen MR) is 86.4 cm³/mol. The van der Waals surface area contributed by atoms with E-state index < -0.39 is 0 Å². The molecule has 3 aliphatic rings. The second-order valence-corrected chi connectivity index (χ2v) is 7.34. The van der Waals surface area contributed by atoms with E-state index in [1.165, 1.54) is 75.8 Å². The molecule has 1 spiro atoms. The summed E-state index contributed by atoms with van der Waals surface area (Å²) in [5.74, 6) is 1.23. The number of rotatable bonds is 4. The third kappa shape index (κ3) is 2.94. The second-order valence-electron chi connectivity index (χ2n) is 7.34. The summed E-state index contributed by atoms with van der Waals surface area (Å²) in [6, 6.07) is 5.09.